The highest BCUT2D eigenvalue weighted by molar-refractivity contribution is 9.09. The van der Waals surface area contributed by atoms with E-state index in [0.29, 0.717) is 13.0 Å². The van der Waals surface area contributed by atoms with E-state index in [2.05, 4.69) is 28.9 Å². The van der Waals surface area contributed by atoms with E-state index in [1.54, 1.807) is 0 Å². The highest BCUT2D eigenvalue weighted by Gasteiger charge is 2.00. The van der Waals surface area contributed by atoms with E-state index in [1.165, 1.54) is 25.7 Å². The standard InChI is InChI=1S/C15H27BrO2/c1-2-3-4-5-6-7-11-14-18-15(17)12-9-8-10-13-16/h7,11H,2-6,8-10,12-14H2,1H3. The topological polar surface area (TPSA) is 26.3 Å². The summed E-state index contributed by atoms with van der Waals surface area (Å²) in [7, 11) is 0. The van der Waals surface area contributed by atoms with Crippen molar-refractivity contribution in [2.45, 2.75) is 64.7 Å². The van der Waals surface area contributed by atoms with E-state index < -0.39 is 0 Å². The molecule has 0 aliphatic carbocycles. The van der Waals surface area contributed by atoms with E-state index in [4.69, 9.17) is 4.74 Å². The minimum absolute atomic E-state index is 0.0693. The number of rotatable bonds is 12. The van der Waals surface area contributed by atoms with Gasteiger partial charge >= 0.3 is 5.97 Å². The summed E-state index contributed by atoms with van der Waals surface area (Å²) < 4.78 is 5.11. The number of carbonyl (C=O) groups is 1. The first-order valence-electron chi connectivity index (χ1n) is 7.17. The Hall–Kier alpha value is -0.310. The fraction of sp³-hybridized carbons (Fsp3) is 0.800. The van der Waals surface area contributed by atoms with E-state index in [0.717, 1.165) is 31.0 Å². The molecule has 0 aliphatic heterocycles. The van der Waals surface area contributed by atoms with E-state index in [1.807, 2.05) is 6.08 Å². The number of carbonyl (C=O) groups excluding carboxylic acids is 1. The van der Waals surface area contributed by atoms with Crippen molar-refractivity contribution in [3.63, 3.8) is 0 Å². The Morgan fingerprint density at radius 1 is 1.06 bits per heavy atom. The van der Waals surface area contributed by atoms with Crippen molar-refractivity contribution in [1.82, 2.24) is 0 Å². The monoisotopic (exact) mass is 318 g/mol. The lowest BCUT2D eigenvalue weighted by molar-refractivity contribution is -0.142. The molecule has 0 radical (unpaired) electrons. The van der Waals surface area contributed by atoms with E-state index >= 15 is 0 Å². The first-order valence-corrected chi connectivity index (χ1v) is 8.30. The second-order valence-corrected chi connectivity index (χ2v) is 5.30. The lowest BCUT2D eigenvalue weighted by Gasteiger charge is -2.01. The van der Waals surface area contributed by atoms with Gasteiger partial charge in [-0.2, -0.15) is 0 Å². The number of esters is 1. The molecule has 106 valence electrons. The summed E-state index contributed by atoms with van der Waals surface area (Å²) in [4.78, 5) is 11.3. The Morgan fingerprint density at radius 2 is 1.83 bits per heavy atom. The number of unbranched alkanes of at least 4 members (excludes halogenated alkanes) is 6. The van der Waals surface area contributed by atoms with Crippen molar-refractivity contribution in [2.24, 2.45) is 0 Å². The Labute approximate surface area is 120 Å². The van der Waals surface area contributed by atoms with Gasteiger partial charge < -0.3 is 4.74 Å². The van der Waals surface area contributed by atoms with Gasteiger partial charge in [0.2, 0.25) is 0 Å². The molecule has 0 aromatic carbocycles. The molecule has 0 aliphatic rings. The maximum atomic E-state index is 11.3. The number of allylic oxidation sites excluding steroid dienone is 1. The largest absolute Gasteiger partial charge is 0.461 e. The third-order valence-electron chi connectivity index (χ3n) is 2.75. The van der Waals surface area contributed by atoms with Crippen LogP contribution in [0, 0.1) is 0 Å². The summed E-state index contributed by atoms with van der Waals surface area (Å²) in [5, 5.41) is 1.02. The SMILES string of the molecule is CCCCCCC=CCOC(=O)CCCCCBr. The van der Waals surface area contributed by atoms with Gasteiger partial charge in [-0.3, -0.25) is 4.79 Å². The van der Waals surface area contributed by atoms with Crippen molar-refractivity contribution < 1.29 is 9.53 Å². The van der Waals surface area contributed by atoms with Gasteiger partial charge in [-0.05, 0) is 25.7 Å². The number of hydrogen-bond donors (Lipinski definition) is 0. The summed E-state index contributed by atoms with van der Waals surface area (Å²) in [6.07, 6.45) is 14.0. The van der Waals surface area contributed by atoms with Crippen molar-refractivity contribution in [3.05, 3.63) is 12.2 Å². The smallest absolute Gasteiger partial charge is 0.306 e. The summed E-state index contributed by atoms with van der Waals surface area (Å²) in [5.74, 6) is -0.0693. The van der Waals surface area contributed by atoms with Crippen LogP contribution in [-0.2, 0) is 9.53 Å². The van der Waals surface area contributed by atoms with Crippen molar-refractivity contribution >= 4 is 21.9 Å². The molecule has 0 bridgehead atoms. The molecular weight excluding hydrogens is 292 g/mol. The van der Waals surface area contributed by atoms with Crippen LogP contribution in [0.25, 0.3) is 0 Å². The Kier molecular flexibility index (Phi) is 14.5. The van der Waals surface area contributed by atoms with Gasteiger partial charge in [-0.25, -0.2) is 0 Å². The third-order valence-corrected chi connectivity index (χ3v) is 3.31. The van der Waals surface area contributed by atoms with Gasteiger partial charge in [0, 0.05) is 11.8 Å². The van der Waals surface area contributed by atoms with Crippen molar-refractivity contribution in [1.29, 1.82) is 0 Å². The summed E-state index contributed by atoms with van der Waals surface area (Å²) in [6, 6.07) is 0. The van der Waals surface area contributed by atoms with E-state index in [-0.39, 0.29) is 5.97 Å². The Morgan fingerprint density at radius 3 is 2.56 bits per heavy atom. The van der Waals surface area contributed by atoms with Gasteiger partial charge in [0.25, 0.3) is 0 Å². The molecule has 2 nitrogen and oxygen atoms in total. The van der Waals surface area contributed by atoms with Crippen molar-refractivity contribution in [2.75, 3.05) is 11.9 Å². The molecule has 0 N–H and O–H groups in total. The van der Waals surface area contributed by atoms with Crippen LogP contribution in [-0.4, -0.2) is 17.9 Å². The minimum atomic E-state index is -0.0693. The van der Waals surface area contributed by atoms with Crippen LogP contribution < -0.4 is 0 Å². The van der Waals surface area contributed by atoms with Gasteiger partial charge in [0.05, 0.1) is 0 Å². The molecule has 0 atom stereocenters. The average molecular weight is 319 g/mol. The van der Waals surface area contributed by atoms with Crippen LogP contribution in [0.4, 0.5) is 0 Å². The lowest BCUT2D eigenvalue weighted by atomic mass is 10.1. The highest BCUT2D eigenvalue weighted by Crippen LogP contribution is 2.04. The summed E-state index contributed by atoms with van der Waals surface area (Å²) in [6.45, 7) is 2.65. The van der Waals surface area contributed by atoms with E-state index in [9.17, 15) is 4.79 Å². The van der Waals surface area contributed by atoms with Crippen LogP contribution in [0.5, 0.6) is 0 Å². The molecule has 18 heavy (non-hydrogen) atoms. The first-order chi connectivity index (χ1) is 8.81. The quantitative estimate of drug-likeness (QED) is 0.219. The average Bonchev–Trinajstić information content (AvgIpc) is 2.38. The van der Waals surface area contributed by atoms with Gasteiger partial charge in [0.15, 0.2) is 0 Å². The van der Waals surface area contributed by atoms with Crippen LogP contribution in [0.3, 0.4) is 0 Å². The van der Waals surface area contributed by atoms with Gasteiger partial charge in [0.1, 0.15) is 6.61 Å². The van der Waals surface area contributed by atoms with Crippen LogP contribution >= 0.6 is 15.9 Å². The predicted molar refractivity (Wildman–Crippen MR) is 81.1 cm³/mol. The van der Waals surface area contributed by atoms with Crippen LogP contribution in [0.15, 0.2) is 12.2 Å². The summed E-state index contributed by atoms with van der Waals surface area (Å²) >= 11 is 3.37. The number of alkyl halides is 1. The van der Waals surface area contributed by atoms with Crippen LogP contribution in [0.2, 0.25) is 0 Å². The molecule has 0 unspecified atom stereocenters. The van der Waals surface area contributed by atoms with Gasteiger partial charge in [-0.15, -0.1) is 0 Å². The molecule has 0 aromatic heterocycles. The zero-order valence-corrected chi connectivity index (χ0v) is 13.2. The normalized spacial score (nSPS) is 11.0. The highest BCUT2D eigenvalue weighted by atomic mass is 79.9. The first kappa shape index (κ1) is 17.7. The molecular formula is C15H27BrO2. The molecule has 0 aromatic rings. The fourth-order valence-corrected chi connectivity index (χ4v) is 2.03. The molecule has 0 amide bonds. The maximum Gasteiger partial charge on any atom is 0.306 e. The van der Waals surface area contributed by atoms with Gasteiger partial charge in [-0.1, -0.05) is 60.7 Å². The molecule has 0 fully saturated rings. The molecule has 0 rings (SSSR count). The molecule has 0 heterocycles. The lowest BCUT2D eigenvalue weighted by Crippen LogP contribution is -2.04. The summed E-state index contributed by atoms with van der Waals surface area (Å²) in [5.41, 5.74) is 0. The maximum absolute atomic E-state index is 11.3. The zero-order valence-electron chi connectivity index (χ0n) is 11.6. The zero-order chi connectivity index (χ0) is 13.5. The fourth-order valence-electron chi connectivity index (χ4n) is 1.63. The number of halogens is 1. The minimum Gasteiger partial charge on any atom is -0.461 e. The number of hydrogen-bond acceptors (Lipinski definition) is 2. The number of ether oxygens (including phenoxy) is 1. The molecule has 0 saturated heterocycles. The molecule has 0 spiro atoms. The van der Waals surface area contributed by atoms with Crippen molar-refractivity contribution in [3.8, 4) is 0 Å². The molecule has 3 heteroatoms. The molecule has 0 saturated carbocycles. The second-order valence-electron chi connectivity index (χ2n) is 4.50. The van der Waals surface area contributed by atoms with Crippen LogP contribution in [0.1, 0.15) is 64.7 Å². The third kappa shape index (κ3) is 13.8. The second kappa shape index (κ2) is 14.7. The predicted octanol–water partition coefficient (Wildman–Crippen LogP) is 5.01. The Balaban J connectivity index is 3.25. The Bertz CT molecular complexity index is 215.